The quantitative estimate of drug-likeness (QED) is 0.447. The Morgan fingerprint density at radius 3 is 2.24 bits per heavy atom. The number of rotatable bonds is 7. The van der Waals surface area contributed by atoms with Crippen molar-refractivity contribution in [1.29, 1.82) is 0 Å². The van der Waals surface area contributed by atoms with Gasteiger partial charge in [-0.1, -0.05) is 20.3 Å². The molecule has 0 saturated carbocycles. The van der Waals surface area contributed by atoms with E-state index in [1.807, 2.05) is 6.92 Å². The minimum atomic E-state index is -1.32. The van der Waals surface area contributed by atoms with Crippen LogP contribution in [0.4, 0.5) is 0 Å². The van der Waals surface area contributed by atoms with E-state index in [2.05, 4.69) is 5.32 Å². The van der Waals surface area contributed by atoms with E-state index in [1.54, 1.807) is 6.92 Å². The first-order valence-corrected chi connectivity index (χ1v) is 5.36. The molecule has 0 aromatic rings. The summed E-state index contributed by atoms with van der Waals surface area (Å²) in [6.07, 6.45) is 0.246. The van der Waals surface area contributed by atoms with Crippen molar-refractivity contribution < 1.29 is 19.5 Å². The molecule has 7 nitrogen and oxygen atoms in total. The summed E-state index contributed by atoms with van der Waals surface area (Å²) in [5.74, 6) is -2.77. The van der Waals surface area contributed by atoms with Crippen LogP contribution in [0.25, 0.3) is 0 Å². The maximum atomic E-state index is 11.6. The predicted molar refractivity (Wildman–Crippen MR) is 60.8 cm³/mol. The van der Waals surface area contributed by atoms with E-state index in [0.717, 1.165) is 0 Å². The lowest BCUT2D eigenvalue weighted by Crippen LogP contribution is -2.51. The molecule has 0 fully saturated rings. The van der Waals surface area contributed by atoms with Crippen molar-refractivity contribution in [3.8, 4) is 0 Å². The van der Waals surface area contributed by atoms with Gasteiger partial charge in [-0.3, -0.25) is 9.59 Å². The summed E-state index contributed by atoms with van der Waals surface area (Å²) in [4.78, 5) is 33.0. The topological polar surface area (TPSA) is 136 Å². The molecule has 0 radical (unpaired) electrons. The fourth-order valence-electron chi connectivity index (χ4n) is 1.18. The van der Waals surface area contributed by atoms with E-state index in [-0.39, 0.29) is 5.92 Å². The van der Waals surface area contributed by atoms with Gasteiger partial charge >= 0.3 is 5.97 Å². The average molecular weight is 245 g/mol. The summed E-state index contributed by atoms with van der Waals surface area (Å²) in [6.45, 7) is 3.66. The van der Waals surface area contributed by atoms with Crippen LogP contribution < -0.4 is 16.8 Å². The summed E-state index contributed by atoms with van der Waals surface area (Å²) in [5.41, 5.74) is 10.5. The normalized spacial score (nSPS) is 15.7. The van der Waals surface area contributed by atoms with Gasteiger partial charge in [-0.05, 0) is 5.92 Å². The Hall–Kier alpha value is -1.63. The number of carbonyl (C=O) groups excluding carboxylic acids is 2. The second kappa shape index (κ2) is 6.85. The van der Waals surface area contributed by atoms with Gasteiger partial charge in [-0.25, -0.2) is 4.79 Å². The van der Waals surface area contributed by atoms with Crippen molar-refractivity contribution >= 4 is 17.8 Å². The van der Waals surface area contributed by atoms with Crippen LogP contribution in [0.3, 0.4) is 0 Å². The minimum absolute atomic E-state index is 0.0713. The van der Waals surface area contributed by atoms with Crippen molar-refractivity contribution in [1.82, 2.24) is 5.32 Å². The number of carboxylic acid groups (broad SMARTS) is 1. The van der Waals surface area contributed by atoms with Crippen LogP contribution in [0.1, 0.15) is 26.7 Å². The molecule has 0 aromatic carbocycles. The van der Waals surface area contributed by atoms with Crippen LogP contribution in [-0.2, 0) is 14.4 Å². The summed E-state index contributed by atoms with van der Waals surface area (Å²) >= 11 is 0. The molecule has 0 aliphatic carbocycles. The Kier molecular flexibility index (Phi) is 6.19. The molecule has 98 valence electrons. The van der Waals surface area contributed by atoms with E-state index in [1.165, 1.54) is 0 Å². The fraction of sp³-hybridized carbons (Fsp3) is 0.700. The number of hydrogen-bond acceptors (Lipinski definition) is 4. The summed E-state index contributed by atoms with van der Waals surface area (Å²) in [5, 5.41) is 11.0. The standard InChI is InChI=1S/C10H19N3O4/c1-3-5(2)8(12)9(15)13-6(10(16)17)4-7(11)14/h5-6,8H,3-4,12H2,1-2H3,(H2,11,14)(H,13,15)(H,16,17)/t5?,6-,8+/m1/s1. The van der Waals surface area contributed by atoms with Crippen LogP contribution in [0, 0.1) is 5.92 Å². The SMILES string of the molecule is CCC(C)[C@H](N)C(=O)N[C@H](CC(N)=O)C(=O)O. The van der Waals surface area contributed by atoms with E-state index in [0.29, 0.717) is 6.42 Å². The third-order valence-electron chi connectivity index (χ3n) is 2.58. The number of amides is 2. The average Bonchev–Trinajstić information content (AvgIpc) is 2.25. The van der Waals surface area contributed by atoms with Crippen LogP contribution >= 0.6 is 0 Å². The van der Waals surface area contributed by atoms with E-state index in [9.17, 15) is 14.4 Å². The first kappa shape index (κ1) is 15.4. The Labute approximate surface area is 99.5 Å². The molecule has 0 aromatic heterocycles. The number of primary amides is 1. The number of nitrogens with two attached hydrogens (primary N) is 2. The molecule has 0 heterocycles. The molecule has 7 heteroatoms. The largest absolute Gasteiger partial charge is 0.480 e. The predicted octanol–water partition coefficient (Wildman–Crippen LogP) is -1.20. The first-order valence-electron chi connectivity index (χ1n) is 5.36. The lowest BCUT2D eigenvalue weighted by atomic mass is 9.99. The van der Waals surface area contributed by atoms with Crippen molar-refractivity contribution in [3.63, 3.8) is 0 Å². The van der Waals surface area contributed by atoms with Gasteiger partial charge in [0.2, 0.25) is 11.8 Å². The first-order chi connectivity index (χ1) is 7.79. The maximum Gasteiger partial charge on any atom is 0.326 e. The minimum Gasteiger partial charge on any atom is -0.480 e. The Balaban J connectivity index is 4.50. The van der Waals surface area contributed by atoms with Crippen molar-refractivity contribution in [3.05, 3.63) is 0 Å². The highest BCUT2D eigenvalue weighted by Gasteiger charge is 2.26. The van der Waals surface area contributed by atoms with Crippen LogP contribution in [0.15, 0.2) is 0 Å². The maximum absolute atomic E-state index is 11.6. The molecule has 0 spiro atoms. The van der Waals surface area contributed by atoms with Gasteiger partial charge in [-0.2, -0.15) is 0 Å². The zero-order chi connectivity index (χ0) is 13.6. The molecule has 0 rings (SSSR count). The van der Waals surface area contributed by atoms with Gasteiger partial charge in [-0.15, -0.1) is 0 Å². The van der Waals surface area contributed by atoms with Crippen LogP contribution in [-0.4, -0.2) is 35.0 Å². The van der Waals surface area contributed by atoms with Crippen molar-refractivity contribution in [2.45, 2.75) is 38.8 Å². The molecule has 3 atom stereocenters. The van der Waals surface area contributed by atoms with E-state index < -0.39 is 36.3 Å². The van der Waals surface area contributed by atoms with E-state index in [4.69, 9.17) is 16.6 Å². The zero-order valence-corrected chi connectivity index (χ0v) is 9.97. The lowest BCUT2D eigenvalue weighted by Gasteiger charge is -2.20. The monoisotopic (exact) mass is 245 g/mol. The van der Waals surface area contributed by atoms with Crippen LogP contribution in [0.5, 0.6) is 0 Å². The molecule has 0 saturated heterocycles. The van der Waals surface area contributed by atoms with E-state index >= 15 is 0 Å². The molecule has 17 heavy (non-hydrogen) atoms. The number of carbonyl (C=O) groups is 3. The molecule has 2 amide bonds. The molecule has 1 unspecified atom stereocenters. The smallest absolute Gasteiger partial charge is 0.326 e. The highest BCUT2D eigenvalue weighted by Crippen LogP contribution is 2.05. The van der Waals surface area contributed by atoms with Gasteiger partial charge in [0, 0.05) is 0 Å². The Morgan fingerprint density at radius 1 is 1.35 bits per heavy atom. The second-order valence-electron chi connectivity index (χ2n) is 3.98. The third kappa shape index (κ3) is 5.30. The third-order valence-corrected chi connectivity index (χ3v) is 2.58. The lowest BCUT2D eigenvalue weighted by molar-refractivity contribution is -0.143. The molecule has 0 aliphatic rings. The molecule has 6 N–H and O–H groups in total. The van der Waals surface area contributed by atoms with Gasteiger partial charge in [0.1, 0.15) is 6.04 Å². The summed E-state index contributed by atoms with van der Waals surface area (Å²) in [7, 11) is 0. The van der Waals surface area contributed by atoms with Gasteiger partial charge in [0.15, 0.2) is 0 Å². The fourth-order valence-corrected chi connectivity index (χ4v) is 1.18. The number of aliphatic carboxylic acids is 1. The molecular weight excluding hydrogens is 226 g/mol. The summed E-state index contributed by atoms with van der Waals surface area (Å²) in [6, 6.07) is -2.12. The zero-order valence-electron chi connectivity index (χ0n) is 9.97. The molecule has 0 aliphatic heterocycles. The highest BCUT2D eigenvalue weighted by molar-refractivity contribution is 5.90. The van der Waals surface area contributed by atoms with Gasteiger partial charge in [0.25, 0.3) is 0 Å². The number of nitrogens with one attached hydrogen (secondary N) is 1. The Bertz CT molecular complexity index is 306. The molecular formula is C10H19N3O4. The van der Waals surface area contributed by atoms with Gasteiger partial charge in [0.05, 0.1) is 12.5 Å². The van der Waals surface area contributed by atoms with Crippen molar-refractivity contribution in [2.24, 2.45) is 17.4 Å². The number of carboxylic acids is 1. The highest BCUT2D eigenvalue weighted by atomic mass is 16.4. The van der Waals surface area contributed by atoms with Crippen molar-refractivity contribution in [2.75, 3.05) is 0 Å². The Morgan fingerprint density at radius 2 is 1.88 bits per heavy atom. The molecule has 0 bridgehead atoms. The van der Waals surface area contributed by atoms with Gasteiger partial charge < -0.3 is 21.9 Å². The second-order valence-corrected chi connectivity index (χ2v) is 3.98. The summed E-state index contributed by atoms with van der Waals surface area (Å²) < 4.78 is 0. The van der Waals surface area contributed by atoms with Crippen LogP contribution in [0.2, 0.25) is 0 Å². The number of hydrogen-bond donors (Lipinski definition) is 4.